The zero-order valence-corrected chi connectivity index (χ0v) is 15.9. The van der Waals surface area contributed by atoms with Crippen molar-refractivity contribution in [1.29, 1.82) is 0 Å². The molecule has 0 spiro atoms. The highest BCUT2D eigenvalue weighted by Crippen LogP contribution is 2.25. The molecule has 2 aromatic heterocycles. The Balaban J connectivity index is 1.35. The summed E-state index contributed by atoms with van der Waals surface area (Å²) in [6.45, 7) is 4.13. The minimum absolute atomic E-state index is 0.0388. The molecule has 5 heteroatoms. The molecule has 1 aliphatic heterocycles. The van der Waals surface area contributed by atoms with E-state index in [-0.39, 0.29) is 11.9 Å². The fourth-order valence-corrected chi connectivity index (χ4v) is 3.47. The Labute approximate surface area is 164 Å². The highest BCUT2D eigenvalue weighted by atomic mass is 16.5. The summed E-state index contributed by atoms with van der Waals surface area (Å²) in [5.41, 5.74) is 3.18. The summed E-state index contributed by atoms with van der Waals surface area (Å²) in [6.07, 6.45) is 9.12. The molecule has 0 saturated carbocycles. The molecule has 1 aliphatic rings. The highest BCUT2D eigenvalue weighted by molar-refractivity contribution is 5.92. The van der Waals surface area contributed by atoms with Crippen molar-refractivity contribution in [1.82, 2.24) is 14.5 Å². The highest BCUT2D eigenvalue weighted by Gasteiger charge is 2.25. The SMILES string of the molecule is C[C@@H]1c2cccn2CCN1C(=O)/C=C/c1ccc(OCc2cccnc2)cc1. The molecule has 0 saturated heterocycles. The fourth-order valence-electron chi connectivity index (χ4n) is 3.47. The topological polar surface area (TPSA) is 47.4 Å². The molecule has 142 valence electrons. The van der Waals surface area contributed by atoms with E-state index in [1.165, 1.54) is 5.69 Å². The van der Waals surface area contributed by atoms with Gasteiger partial charge in [0, 0.05) is 49.0 Å². The average molecular weight is 373 g/mol. The summed E-state index contributed by atoms with van der Waals surface area (Å²) in [5, 5.41) is 0. The van der Waals surface area contributed by atoms with Gasteiger partial charge in [-0.2, -0.15) is 0 Å². The van der Waals surface area contributed by atoms with Crippen molar-refractivity contribution in [3.8, 4) is 5.75 Å². The number of fused-ring (bicyclic) bond motifs is 1. The summed E-state index contributed by atoms with van der Waals surface area (Å²) in [4.78, 5) is 18.6. The maximum absolute atomic E-state index is 12.6. The van der Waals surface area contributed by atoms with Gasteiger partial charge in [-0.05, 0) is 48.9 Å². The van der Waals surface area contributed by atoms with Gasteiger partial charge in [0.25, 0.3) is 0 Å². The van der Waals surface area contributed by atoms with Gasteiger partial charge in [-0.25, -0.2) is 0 Å². The lowest BCUT2D eigenvalue weighted by atomic mass is 10.1. The largest absolute Gasteiger partial charge is 0.489 e. The van der Waals surface area contributed by atoms with Crippen LogP contribution in [0.25, 0.3) is 6.08 Å². The predicted octanol–water partition coefficient (Wildman–Crippen LogP) is 4.08. The number of hydrogen-bond donors (Lipinski definition) is 0. The Morgan fingerprint density at radius 3 is 2.82 bits per heavy atom. The van der Waals surface area contributed by atoms with Crippen molar-refractivity contribution in [2.75, 3.05) is 6.54 Å². The van der Waals surface area contributed by atoms with E-state index in [9.17, 15) is 4.79 Å². The minimum Gasteiger partial charge on any atom is -0.489 e. The summed E-state index contributed by atoms with van der Waals surface area (Å²) in [5.74, 6) is 0.828. The van der Waals surface area contributed by atoms with E-state index in [0.717, 1.165) is 30.0 Å². The second kappa shape index (κ2) is 8.13. The predicted molar refractivity (Wildman–Crippen MR) is 109 cm³/mol. The second-order valence-electron chi connectivity index (χ2n) is 6.89. The number of pyridine rings is 1. The lowest BCUT2D eigenvalue weighted by Gasteiger charge is -2.34. The van der Waals surface area contributed by atoms with Gasteiger partial charge in [-0.15, -0.1) is 0 Å². The van der Waals surface area contributed by atoms with Gasteiger partial charge in [0.05, 0.1) is 6.04 Å². The number of rotatable bonds is 5. The van der Waals surface area contributed by atoms with Crippen LogP contribution >= 0.6 is 0 Å². The van der Waals surface area contributed by atoms with Gasteiger partial charge < -0.3 is 14.2 Å². The van der Waals surface area contributed by atoms with Crippen LogP contribution in [0.5, 0.6) is 5.75 Å². The Kier molecular flexibility index (Phi) is 5.24. The number of amides is 1. The van der Waals surface area contributed by atoms with Gasteiger partial charge in [0.15, 0.2) is 0 Å². The molecule has 0 unspecified atom stereocenters. The molecule has 0 radical (unpaired) electrons. The lowest BCUT2D eigenvalue weighted by Crippen LogP contribution is -2.39. The summed E-state index contributed by atoms with van der Waals surface area (Å²) < 4.78 is 7.98. The molecule has 0 fully saturated rings. The van der Waals surface area contributed by atoms with Gasteiger partial charge in [-0.3, -0.25) is 9.78 Å². The number of ether oxygens (including phenoxy) is 1. The smallest absolute Gasteiger partial charge is 0.247 e. The number of nitrogens with zero attached hydrogens (tertiary/aromatic N) is 3. The van der Waals surface area contributed by atoms with Crippen LogP contribution in [0, 0.1) is 0 Å². The Morgan fingerprint density at radius 2 is 2.04 bits per heavy atom. The van der Waals surface area contributed by atoms with Crippen molar-refractivity contribution in [2.45, 2.75) is 26.1 Å². The van der Waals surface area contributed by atoms with Crippen molar-refractivity contribution >= 4 is 12.0 Å². The molecule has 0 aliphatic carbocycles. The molecule has 0 bridgehead atoms. The molecule has 3 aromatic rings. The van der Waals surface area contributed by atoms with Crippen LogP contribution in [-0.2, 0) is 17.9 Å². The zero-order valence-electron chi connectivity index (χ0n) is 15.9. The molecule has 28 heavy (non-hydrogen) atoms. The molecule has 1 aromatic carbocycles. The van der Waals surface area contributed by atoms with E-state index in [0.29, 0.717) is 6.61 Å². The molecule has 3 heterocycles. The Morgan fingerprint density at radius 1 is 1.18 bits per heavy atom. The molecule has 1 amide bonds. The quantitative estimate of drug-likeness (QED) is 0.633. The molecule has 5 nitrogen and oxygen atoms in total. The molecule has 1 atom stereocenters. The average Bonchev–Trinajstić information content (AvgIpc) is 3.22. The normalized spacial score (nSPS) is 16.2. The van der Waals surface area contributed by atoms with E-state index < -0.39 is 0 Å². The van der Waals surface area contributed by atoms with E-state index in [4.69, 9.17) is 4.74 Å². The molecular formula is C23H23N3O2. The van der Waals surface area contributed by atoms with Gasteiger partial charge in [0.1, 0.15) is 12.4 Å². The Hall–Kier alpha value is -3.34. The number of carbonyl (C=O) groups is 1. The van der Waals surface area contributed by atoms with Crippen molar-refractivity contribution in [2.24, 2.45) is 0 Å². The summed E-state index contributed by atoms with van der Waals surface area (Å²) in [6, 6.07) is 15.8. The molecule has 4 rings (SSSR count). The van der Waals surface area contributed by atoms with Crippen LogP contribution < -0.4 is 4.74 Å². The first kappa shape index (κ1) is 18.0. The number of aromatic nitrogens is 2. The van der Waals surface area contributed by atoms with Crippen LogP contribution in [-0.4, -0.2) is 26.9 Å². The third-order valence-electron chi connectivity index (χ3n) is 5.05. The maximum atomic E-state index is 12.6. The first-order valence-electron chi connectivity index (χ1n) is 9.46. The van der Waals surface area contributed by atoms with Crippen LogP contribution in [0.4, 0.5) is 0 Å². The van der Waals surface area contributed by atoms with E-state index in [1.54, 1.807) is 18.5 Å². The zero-order chi connectivity index (χ0) is 19.3. The number of hydrogen-bond acceptors (Lipinski definition) is 3. The fraction of sp³-hybridized carbons (Fsp3) is 0.217. The van der Waals surface area contributed by atoms with E-state index in [2.05, 4.69) is 28.7 Å². The second-order valence-corrected chi connectivity index (χ2v) is 6.89. The molecule has 0 N–H and O–H groups in total. The monoisotopic (exact) mass is 373 g/mol. The first-order chi connectivity index (χ1) is 13.7. The molecular weight excluding hydrogens is 350 g/mol. The van der Waals surface area contributed by atoms with E-state index >= 15 is 0 Å². The van der Waals surface area contributed by atoms with E-state index in [1.807, 2.05) is 53.4 Å². The first-order valence-corrected chi connectivity index (χ1v) is 9.46. The van der Waals surface area contributed by atoms with Crippen LogP contribution in [0.3, 0.4) is 0 Å². The van der Waals surface area contributed by atoms with Gasteiger partial charge in [-0.1, -0.05) is 18.2 Å². The van der Waals surface area contributed by atoms with Gasteiger partial charge in [0.2, 0.25) is 5.91 Å². The van der Waals surface area contributed by atoms with Crippen LogP contribution in [0.1, 0.15) is 29.8 Å². The minimum atomic E-state index is 0.0388. The summed E-state index contributed by atoms with van der Waals surface area (Å²) in [7, 11) is 0. The number of benzene rings is 1. The maximum Gasteiger partial charge on any atom is 0.247 e. The van der Waals surface area contributed by atoms with Crippen LogP contribution in [0.2, 0.25) is 0 Å². The van der Waals surface area contributed by atoms with Gasteiger partial charge >= 0.3 is 0 Å². The van der Waals surface area contributed by atoms with Crippen molar-refractivity contribution in [3.05, 3.63) is 90.0 Å². The van der Waals surface area contributed by atoms with Crippen molar-refractivity contribution < 1.29 is 9.53 Å². The Bertz CT molecular complexity index is 961. The lowest BCUT2D eigenvalue weighted by molar-refractivity contribution is -0.129. The third kappa shape index (κ3) is 3.98. The van der Waals surface area contributed by atoms with Crippen molar-refractivity contribution in [3.63, 3.8) is 0 Å². The standard InChI is InChI=1S/C23H23N3O2/c1-18-22-5-3-13-25(22)14-15-26(18)23(27)11-8-19-6-9-21(10-7-19)28-17-20-4-2-12-24-16-20/h2-13,16,18H,14-15,17H2,1H3/b11-8+/t18-/m1/s1. The summed E-state index contributed by atoms with van der Waals surface area (Å²) >= 11 is 0. The van der Waals surface area contributed by atoms with Crippen LogP contribution in [0.15, 0.2) is 73.2 Å². The third-order valence-corrected chi connectivity index (χ3v) is 5.05. The number of carbonyl (C=O) groups excluding carboxylic acids is 1.